The summed E-state index contributed by atoms with van der Waals surface area (Å²) >= 11 is 0. The van der Waals surface area contributed by atoms with Crippen LogP contribution in [0.3, 0.4) is 0 Å². The highest BCUT2D eigenvalue weighted by Crippen LogP contribution is 2.35. The summed E-state index contributed by atoms with van der Waals surface area (Å²) in [4.78, 5) is 54.6. The predicted molar refractivity (Wildman–Crippen MR) is 202 cm³/mol. The van der Waals surface area contributed by atoms with E-state index in [1.54, 1.807) is 26.0 Å². The molecule has 280 valence electrons. The first-order valence-electron chi connectivity index (χ1n) is 18.6. The van der Waals surface area contributed by atoms with Gasteiger partial charge in [0.15, 0.2) is 6.10 Å². The van der Waals surface area contributed by atoms with Gasteiger partial charge in [-0.15, -0.1) is 0 Å². The minimum Gasteiger partial charge on any atom is -0.481 e. The summed E-state index contributed by atoms with van der Waals surface area (Å²) in [5, 5.41) is 6.15. The van der Waals surface area contributed by atoms with Gasteiger partial charge in [0, 0.05) is 48.2 Å². The summed E-state index contributed by atoms with van der Waals surface area (Å²) in [5.74, 6) is -1.00. The average molecular weight is 709 g/mol. The van der Waals surface area contributed by atoms with Gasteiger partial charge in [0.1, 0.15) is 17.1 Å². The van der Waals surface area contributed by atoms with Crippen LogP contribution in [-0.2, 0) is 9.59 Å². The Bertz CT molecular complexity index is 1620. The molecule has 0 saturated carbocycles. The number of imide groups is 1. The lowest BCUT2D eigenvalue weighted by molar-refractivity contribution is -0.134. The number of nitrogens with zero attached hydrogens (tertiary/aromatic N) is 2. The first kappa shape index (κ1) is 41.2. The van der Waals surface area contributed by atoms with Crippen LogP contribution in [0.4, 0.5) is 14.9 Å². The van der Waals surface area contributed by atoms with E-state index in [-0.39, 0.29) is 29.5 Å². The van der Waals surface area contributed by atoms with E-state index in [9.17, 15) is 23.6 Å². The van der Waals surface area contributed by atoms with E-state index in [4.69, 9.17) is 9.15 Å². The van der Waals surface area contributed by atoms with Crippen molar-refractivity contribution in [2.75, 3.05) is 39.0 Å². The number of urea groups is 1. The molecule has 3 aromatic rings. The minimum atomic E-state index is -1.01. The molecular weight excluding hydrogens is 651 g/mol. The topological polar surface area (TPSA) is 121 Å². The number of fused-ring (bicyclic) bond motifs is 1. The Labute approximate surface area is 302 Å². The Hall–Kier alpha value is -4.25. The number of halogens is 1. The maximum absolute atomic E-state index is 14.4. The maximum atomic E-state index is 14.4. The number of carbonyl (C=O) groups is 3. The lowest BCUT2D eigenvalue weighted by Crippen LogP contribution is -2.48. The van der Waals surface area contributed by atoms with Gasteiger partial charge in [0.25, 0.3) is 5.91 Å². The van der Waals surface area contributed by atoms with E-state index in [0.717, 1.165) is 37.1 Å². The fourth-order valence-corrected chi connectivity index (χ4v) is 6.02. The molecule has 0 bridgehead atoms. The Kier molecular flexibility index (Phi) is 17.6. The summed E-state index contributed by atoms with van der Waals surface area (Å²) in [6.45, 7) is 6.88. The Morgan fingerprint density at radius 3 is 2.16 bits per heavy atom. The molecule has 11 heteroatoms. The predicted octanol–water partition coefficient (Wildman–Crippen LogP) is 8.52. The van der Waals surface area contributed by atoms with Crippen molar-refractivity contribution in [2.45, 2.75) is 110 Å². The summed E-state index contributed by atoms with van der Waals surface area (Å²) in [6, 6.07) is 9.66. The summed E-state index contributed by atoms with van der Waals surface area (Å²) in [5.41, 5.74) is 0.709. The number of amides is 4. The highest BCUT2D eigenvalue weighted by Gasteiger charge is 2.26. The van der Waals surface area contributed by atoms with Crippen molar-refractivity contribution in [3.05, 3.63) is 58.7 Å². The number of unbranched alkanes of at least 4 members (excludes halogenated alkanes) is 10. The standard InChI is InChI=1S/C40H57FN4O6/c1-6-8-9-10-11-12-13-14-15-16-17-19-37(46)43-35-26-30(41)20-22-32(35)34-28-38(47)51-36-27-31(21-23-33(34)36)50-29(3)39(48)45(7-2)40(49)42-24-18-25-44(4)5/h20-23,26-29H,6-19,24-25H2,1-5H3,(H,42,49)(H,43,46)/t29-/m1/s1. The number of hydrogen-bond donors (Lipinski definition) is 2. The third kappa shape index (κ3) is 13.8. The van der Waals surface area contributed by atoms with Crippen molar-refractivity contribution < 1.29 is 27.9 Å². The molecule has 0 saturated heterocycles. The van der Waals surface area contributed by atoms with Crippen LogP contribution in [0.1, 0.15) is 104 Å². The number of benzene rings is 2. The number of nitrogens with one attached hydrogen (secondary N) is 2. The molecular formula is C40H57FN4O6. The quantitative estimate of drug-likeness (QED) is 0.0793. The maximum Gasteiger partial charge on any atom is 0.336 e. The second-order valence-corrected chi connectivity index (χ2v) is 13.4. The fourth-order valence-electron chi connectivity index (χ4n) is 6.02. The lowest BCUT2D eigenvalue weighted by Gasteiger charge is -2.24. The Morgan fingerprint density at radius 1 is 0.843 bits per heavy atom. The first-order valence-corrected chi connectivity index (χ1v) is 18.6. The molecule has 0 aliphatic carbocycles. The molecule has 1 heterocycles. The normalized spacial score (nSPS) is 11.8. The highest BCUT2D eigenvalue weighted by molar-refractivity contribution is 6.01. The van der Waals surface area contributed by atoms with Gasteiger partial charge < -0.3 is 24.7 Å². The van der Waals surface area contributed by atoms with Crippen molar-refractivity contribution in [1.82, 2.24) is 15.1 Å². The zero-order valence-electron chi connectivity index (χ0n) is 31.2. The van der Waals surface area contributed by atoms with Gasteiger partial charge in [-0.05, 0) is 77.7 Å². The van der Waals surface area contributed by atoms with Gasteiger partial charge in [-0.25, -0.2) is 14.0 Å². The van der Waals surface area contributed by atoms with Crippen LogP contribution in [-0.4, -0.2) is 67.5 Å². The molecule has 2 N–H and O–H groups in total. The van der Waals surface area contributed by atoms with Gasteiger partial charge in [0.05, 0.1) is 5.69 Å². The molecule has 1 atom stereocenters. The van der Waals surface area contributed by atoms with Gasteiger partial charge in [0.2, 0.25) is 5.91 Å². The fraction of sp³-hybridized carbons (Fsp3) is 0.550. The molecule has 0 spiro atoms. The number of likely N-dealkylation sites (N-methyl/N-ethyl adjacent to an activating group) is 1. The molecule has 1 aromatic heterocycles. The number of carbonyl (C=O) groups excluding carboxylic acids is 3. The van der Waals surface area contributed by atoms with Gasteiger partial charge in [-0.3, -0.25) is 14.5 Å². The largest absolute Gasteiger partial charge is 0.481 e. The van der Waals surface area contributed by atoms with Crippen molar-refractivity contribution in [3.8, 4) is 16.9 Å². The van der Waals surface area contributed by atoms with Crippen LogP contribution in [0.25, 0.3) is 22.1 Å². The first-order chi connectivity index (χ1) is 24.5. The zero-order chi connectivity index (χ0) is 37.2. The molecule has 0 unspecified atom stereocenters. The minimum absolute atomic E-state index is 0.165. The Balaban J connectivity index is 1.64. The molecule has 10 nitrogen and oxygen atoms in total. The summed E-state index contributed by atoms with van der Waals surface area (Å²) in [6.07, 6.45) is 13.0. The summed E-state index contributed by atoms with van der Waals surface area (Å²) in [7, 11) is 3.89. The van der Waals surface area contributed by atoms with E-state index < -0.39 is 29.5 Å². The second-order valence-electron chi connectivity index (χ2n) is 13.4. The molecule has 51 heavy (non-hydrogen) atoms. The van der Waals surface area contributed by atoms with E-state index in [1.807, 2.05) is 19.0 Å². The monoisotopic (exact) mass is 708 g/mol. The van der Waals surface area contributed by atoms with Crippen LogP contribution < -0.4 is 21.0 Å². The molecule has 3 rings (SSSR count). The smallest absolute Gasteiger partial charge is 0.336 e. The van der Waals surface area contributed by atoms with E-state index >= 15 is 0 Å². The van der Waals surface area contributed by atoms with Gasteiger partial charge >= 0.3 is 11.7 Å². The molecule has 4 amide bonds. The van der Waals surface area contributed by atoms with Gasteiger partial charge in [-0.2, -0.15) is 0 Å². The van der Waals surface area contributed by atoms with E-state index in [2.05, 4.69) is 17.6 Å². The molecule has 0 fully saturated rings. The van der Waals surface area contributed by atoms with Gasteiger partial charge in [-0.1, -0.05) is 71.1 Å². The molecule has 0 aliphatic heterocycles. The van der Waals surface area contributed by atoms with Crippen molar-refractivity contribution in [2.24, 2.45) is 0 Å². The molecule has 2 aromatic carbocycles. The third-order valence-corrected chi connectivity index (χ3v) is 8.82. The Morgan fingerprint density at radius 2 is 1.51 bits per heavy atom. The van der Waals surface area contributed by atoms with E-state index in [0.29, 0.717) is 29.5 Å². The SMILES string of the molecule is CCCCCCCCCCCCCC(=O)Nc1cc(F)ccc1-c1cc(=O)oc2cc(O[C@H](C)C(=O)N(CC)C(=O)NCCCN(C)C)ccc12. The average Bonchev–Trinajstić information content (AvgIpc) is 3.09. The van der Waals surface area contributed by atoms with Crippen molar-refractivity contribution >= 4 is 34.5 Å². The summed E-state index contributed by atoms with van der Waals surface area (Å²) < 4.78 is 25.8. The van der Waals surface area contributed by atoms with E-state index in [1.165, 1.54) is 81.7 Å². The number of anilines is 1. The number of ether oxygens (including phenoxy) is 1. The van der Waals surface area contributed by atoms with Crippen LogP contribution in [0.2, 0.25) is 0 Å². The lowest BCUT2D eigenvalue weighted by atomic mass is 9.99. The van der Waals surface area contributed by atoms with Crippen LogP contribution in [0.5, 0.6) is 5.75 Å². The molecule has 0 aliphatic rings. The van der Waals surface area contributed by atoms with Crippen LogP contribution in [0.15, 0.2) is 51.7 Å². The van der Waals surface area contributed by atoms with Crippen LogP contribution in [0, 0.1) is 5.82 Å². The van der Waals surface area contributed by atoms with Crippen molar-refractivity contribution in [1.29, 1.82) is 0 Å². The third-order valence-electron chi connectivity index (χ3n) is 8.82. The molecule has 0 radical (unpaired) electrons. The number of rotatable bonds is 22. The zero-order valence-corrected chi connectivity index (χ0v) is 31.2. The second kappa shape index (κ2) is 21.9. The number of hydrogen-bond acceptors (Lipinski definition) is 7. The van der Waals surface area contributed by atoms with Crippen LogP contribution >= 0.6 is 0 Å². The van der Waals surface area contributed by atoms with Crippen molar-refractivity contribution in [3.63, 3.8) is 0 Å². The highest BCUT2D eigenvalue weighted by atomic mass is 19.1.